The number of fused-ring (bicyclic) bond motifs is 1. The highest BCUT2D eigenvalue weighted by Crippen LogP contribution is 2.54. The molecule has 28 heavy (non-hydrogen) atoms. The molecule has 5 atom stereocenters. The molecule has 1 aliphatic carbocycles. The van der Waals surface area contributed by atoms with E-state index in [9.17, 15) is 4.79 Å². The fraction of sp³-hybridized carbons (Fsp3) is 0.435. The first-order chi connectivity index (χ1) is 13.5. The molecule has 5 heteroatoms. The van der Waals surface area contributed by atoms with Gasteiger partial charge in [-0.3, -0.25) is 4.79 Å². The highest BCUT2D eigenvalue weighted by molar-refractivity contribution is 6.31. The smallest absolute Gasteiger partial charge is 0.223 e. The van der Waals surface area contributed by atoms with Gasteiger partial charge in [-0.1, -0.05) is 41.4 Å². The quantitative estimate of drug-likeness (QED) is 0.681. The number of hydrogen-bond acceptors (Lipinski definition) is 2. The van der Waals surface area contributed by atoms with E-state index in [1.165, 1.54) is 5.56 Å². The van der Waals surface area contributed by atoms with Gasteiger partial charge in [-0.05, 0) is 79.8 Å². The first-order valence-electron chi connectivity index (χ1n) is 9.97. The van der Waals surface area contributed by atoms with Crippen LogP contribution in [0.25, 0.3) is 0 Å². The first-order valence-corrected chi connectivity index (χ1v) is 10.7. The predicted octanol–water partition coefficient (Wildman–Crippen LogP) is 5.80. The maximum absolute atomic E-state index is 12.5. The standard InChI is InChI=1S/C23H25Cl2NO2/c1-3-28-16-8-9-17(20(25)12-16)18-10-11-19-21(13(2)26-23(19)27)22(18)14-4-6-15(24)7-5-14/h4-9,12-13,18-19,21-22H,3,10-11H2,1-2H3,(H,26,27)/t13-,18+,19?,21-,22+/m1/s1. The Hall–Kier alpha value is -1.71. The number of hydrogen-bond donors (Lipinski definition) is 1. The van der Waals surface area contributed by atoms with Gasteiger partial charge in [0, 0.05) is 22.0 Å². The van der Waals surface area contributed by atoms with Gasteiger partial charge in [0.25, 0.3) is 0 Å². The molecule has 0 bridgehead atoms. The van der Waals surface area contributed by atoms with Gasteiger partial charge in [0.05, 0.1) is 6.61 Å². The van der Waals surface area contributed by atoms with Crippen LogP contribution in [0.15, 0.2) is 42.5 Å². The number of rotatable bonds is 4. The van der Waals surface area contributed by atoms with Gasteiger partial charge >= 0.3 is 0 Å². The Morgan fingerprint density at radius 2 is 1.79 bits per heavy atom. The van der Waals surface area contributed by atoms with E-state index < -0.39 is 0 Å². The highest BCUT2D eigenvalue weighted by atomic mass is 35.5. The van der Waals surface area contributed by atoms with E-state index in [0.717, 1.165) is 34.2 Å². The van der Waals surface area contributed by atoms with Crippen LogP contribution in [0.2, 0.25) is 10.0 Å². The van der Waals surface area contributed by atoms with Crippen molar-refractivity contribution in [2.24, 2.45) is 11.8 Å². The number of carbonyl (C=O) groups is 1. The SMILES string of the molecule is CCOc1ccc([C@@H]2CCC3C(=O)N[C@H](C)[C@H]3[C@H]2c2ccc(Cl)cc2)c(Cl)c1. The van der Waals surface area contributed by atoms with Crippen molar-refractivity contribution in [3.63, 3.8) is 0 Å². The maximum Gasteiger partial charge on any atom is 0.223 e. The fourth-order valence-corrected chi connectivity index (χ4v) is 5.63. The molecule has 1 aliphatic heterocycles. The molecule has 0 radical (unpaired) electrons. The molecular weight excluding hydrogens is 393 g/mol. The van der Waals surface area contributed by atoms with Crippen molar-refractivity contribution >= 4 is 29.1 Å². The average Bonchev–Trinajstić information content (AvgIpc) is 2.96. The Kier molecular flexibility index (Phi) is 5.57. The number of ether oxygens (including phenoxy) is 1. The largest absolute Gasteiger partial charge is 0.494 e. The zero-order valence-corrected chi connectivity index (χ0v) is 17.6. The van der Waals surface area contributed by atoms with E-state index in [2.05, 4.69) is 30.4 Å². The summed E-state index contributed by atoms with van der Waals surface area (Å²) in [4.78, 5) is 12.5. The van der Waals surface area contributed by atoms with Gasteiger partial charge in [-0.25, -0.2) is 0 Å². The molecule has 1 amide bonds. The van der Waals surface area contributed by atoms with Crippen molar-refractivity contribution in [2.75, 3.05) is 6.61 Å². The van der Waals surface area contributed by atoms with Crippen LogP contribution in [0.5, 0.6) is 5.75 Å². The zero-order chi connectivity index (χ0) is 19.8. The second-order valence-electron chi connectivity index (χ2n) is 7.86. The number of benzene rings is 2. The van der Waals surface area contributed by atoms with Crippen LogP contribution in [-0.2, 0) is 4.79 Å². The molecule has 3 nitrogen and oxygen atoms in total. The van der Waals surface area contributed by atoms with E-state index >= 15 is 0 Å². The highest BCUT2D eigenvalue weighted by Gasteiger charge is 2.50. The number of amides is 1. The number of nitrogens with one attached hydrogen (secondary N) is 1. The Labute approximate surface area is 176 Å². The average molecular weight is 418 g/mol. The van der Waals surface area contributed by atoms with Crippen LogP contribution in [-0.4, -0.2) is 18.6 Å². The van der Waals surface area contributed by atoms with Gasteiger partial charge in [-0.15, -0.1) is 0 Å². The number of halogens is 2. The zero-order valence-electron chi connectivity index (χ0n) is 16.1. The molecule has 1 saturated heterocycles. The summed E-state index contributed by atoms with van der Waals surface area (Å²) in [6, 6.07) is 14.2. The van der Waals surface area contributed by atoms with E-state index in [4.69, 9.17) is 27.9 Å². The second-order valence-corrected chi connectivity index (χ2v) is 8.70. The van der Waals surface area contributed by atoms with Crippen LogP contribution >= 0.6 is 23.2 Å². The Bertz CT molecular complexity index is 867. The van der Waals surface area contributed by atoms with Gasteiger partial charge in [-0.2, -0.15) is 0 Å². The van der Waals surface area contributed by atoms with E-state index in [1.54, 1.807) is 0 Å². The van der Waals surface area contributed by atoms with E-state index in [0.29, 0.717) is 6.61 Å². The normalized spacial score (nSPS) is 29.3. The molecule has 0 spiro atoms. The van der Waals surface area contributed by atoms with Gasteiger partial charge < -0.3 is 10.1 Å². The molecule has 2 aliphatic rings. The summed E-state index contributed by atoms with van der Waals surface area (Å²) < 4.78 is 5.60. The van der Waals surface area contributed by atoms with Crippen molar-refractivity contribution in [1.82, 2.24) is 5.32 Å². The number of carbonyl (C=O) groups excluding carboxylic acids is 1. The third kappa shape index (κ3) is 3.51. The summed E-state index contributed by atoms with van der Waals surface area (Å²) in [5.41, 5.74) is 2.35. The topological polar surface area (TPSA) is 38.3 Å². The molecule has 1 N–H and O–H groups in total. The molecule has 148 valence electrons. The molecule has 2 aromatic carbocycles. The lowest BCUT2D eigenvalue weighted by Crippen LogP contribution is -2.35. The van der Waals surface area contributed by atoms with Gasteiger partial charge in [0.15, 0.2) is 0 Å². The summed E-state index contributed by atoms with van der Waals surface area (Å²) in [5, 5.41) is 4.62. The first kappa shape index (κ1) is 19.6. The van der Waals surface area contributed by atoms with Gasteiger partial charge in [0.1, 0.15) is 5.75 Å². The molecule has 1 unspecified atom stereocenters. The van der Waals surface area contributed by atoms with Crippen molar-refractivity contribution in [3.8, 4) is 5.75 Å². The summed E-state index contributed by atoms with van der Waals surface area (Å²) in [5.74, 6) is 1.75. The summed E-state index contributed by atoms with van der Waals surface area (Å²) in [6.07, 6.45) is 1.82. The molecular formula is C23H25Cl2NO2. The molecule has 1 heterocycles. The lowest BCUT2D eigenvalue weighted by Gasteiger charge is -2.41. The minimum atomic E-state index is 0.0633. The van der Waals surface area contributed by atoms with Crippen molar-refractivity contribution in [2.45, 2.75) is 44.6 Å². The Morgan fingerprint density at radius 1 is 1.07 bits per heavy atom. The predicted molar refractivity (Wildman–Crippen MR) is 113 cm³/mol. The third-order valence-electron chi connectivity index (χ3n) is 6.32. The van der Waals surface area contributed by atoms with Crippen LogP contribution < -0.4 is 10.1 Å². The van der Waals surface area contributed by atoms with E-state index in [-0.39, 0.29) is 35.6 Å². The third-order valence-corrected chi connectivity index (χ3v) is 6.90. The van der Waals surface area contributed by atoms with Gasteiger partial charge in [0.2, 0.25) is 5.91 Å². The second kappa shape index (κ2) is 7.96. The monoisotopic (exact) mass is 417 g/mol. The summed E-state index contributed by atoms with van der Waals surface area (Å²) in [7, 11) is 0. The minimum absolute atomic E-state index is 0.0633. The lowest BCUT2D eigenvalue weighted by atomic mass is 9.62. The molecule has 2 fully saturated rings. The lowest BCUT2D eigenvalue weighted by molar-refractivity contribution is -0.123. The molecule has 4 rings (SSSR count). The summed E-state index contributed by atoms with van der Waals surface area (Å²) in [6.45, 7) is 4.69. The fourth-order valence-electron chi connectivity index (χ4n) is 5.20. The summed E-state index contributed by atoms with van der Waals surface area (Å²) >= 11 is 12.8. The van der Waals surface area contributed by atoms with Crippen LogP contribution in [0, 0.1) is 11.8 Å². The minimum Gasteiger partial charge on any atom is -0.494 e. The Balaban J connectivity index is 1.77. The molecule has 0 aromatic heterocycles. The van der Waals surface area contributed by atoms with Crippen LogP contribution in [0.3, 0.4) is 0 Å². The van der Waals surface area contributed by atoms with Crippen molar-refractivity contribution < 1.29 is 9.53 Å². The van der Waals surface area contributed by atoms with Crippen molar-refractivity contribution in [3.05, 3.63) is 63.6 Å². The molecule has 1 saturated carbocycles. The van der Waals surface area contributed by atoms with Crippen molar-refractivity contribution in [1.29, 1.82) is 0 Å². The Morgan fingerprint density at radius 3 is 2.46 bits per heavy atom. The molecule has 2 aromatic rings. The van der Waals surface area contributed by atoms with E-state index in [1.807, 2.05) is 31.2 Å². The maximum atomic E-state index is 12.5. The van der Waals surface area contributed by atoms with Crippen LogP contribution in [0.4, 0.5) is 0 Å². The van der Waals surface area contributed by atoms with Crippen LogP contribution in [0.1, 0.15) is 49.7 Å².